The quantitative estimate of drug-likeness (QED) is 0.525. The van der Waals surface area contributed by atoms with Crippen LogP contribution in [-0.4, -0.2) is 9.97 Å². The summed E-state index contributed by atoms with van der Waals surface area (Å²) < 4.78 is 2.20. The van der Waals surface area contributed by atoms with Crippen molar-refractivity contribution in [3.8, 4) is 0 Å². The Morgan fingerprint density at radius 1 is 0.905 bits per heavy atom. The Morgan fingerprint density at radius 2 is 1.81 bits per heavy atom. The molecule has 0 fully saturated rings. The van der Waals surface area contributed by atoms with Crippen LogP contribution in [0.3, 0.4) is 0 Å². The number of rotatable bonds is 2. The van der Waals surface area contributed by atoms with E-state index in [1.54, 1.807) is 6.33 Å². The number of pyridine rings is 1. The molecule has 4 rings (SSSR count). The van der Waals surface area contributed by atoms with Gasteiger partial charge in [0.15, 0.2) is 18.9 Å². The van der Waals surface area contributed by atoms with Crippen molar-refractivity contribution in [2.24, 2.45) is 0 Å². The number of fused-ring (bicyclic) bond motifs is 2. The maximum atomic E-state index is 4.25. The van der Waals surface area contributed by atoms with Gasteiger partial charge in [-0.3, -0.25) is 0 Å². The number of hydrogen-bond acceptors (Lipinski definition) is 2. The van der Waals surface area contributed by atoms with Crippen LogP contribution in [0.4, 0.5) is 0 Å². The molecule has 2 aromatic carbocycles. The van der Waals surface area contributed by atoms with E-state index in [0.717, 1.165) is 17.4 Å². The van der Waals surface area contributed by atoms with Crippen molar-refractivity contribution in [3.63, 3.8) is 0 Å². The molecule has 0 bridgehead atoms. The molecule has 0 aliphatic rings. The lowest BCUT2D eigenvalue weighted by Gasteiger charge is -2.01. The first kappa shape index (κ1) is 12.0. The zero-order chi connectivity index (χ0) is 14.1. The van der Waals surface area contributed by atoms with Gasteiger partial charge in [0.05, 0.1) is 5.52 Å². The Bertz CT molecular complexity index is 854. The first-order valence-corrected chi connectivity index (χ1v) is 6.95. The van der Waals surface area contributed by atoms with E-state index >= 15 is 0 Å². The van der Waals surface area contributed by atoms with Crippen LogP contribution in [0.5, 0.6) is 0 Å². The second-order valence-corrected chi connectivity index (χ2v) is 5.16. The average molecular weight is 272 g/mol. The summed E-state index contributed by atoms with van der Waals surface area (Å²) in [7, 11) is 0. The van der Waals surface area contributed by atoms with Gasteiger partial charge in [0, 0.05) is 28.6 Å². The highest BCUT2D eigenvalue weighted by atomic mass is 14.9. The van der Waals surface area contributed by atoms with Crippen molar-refractivity contribution in [1.29, 1.82) is 0 Å². The Hall–Kier alpha value is -2.81. The van der Waals surface area contributed by atoms with Crippen LogP contribution in [0.15, 0.2) is 73.4 Å². The molecule has 0 N–H and O–H groups in total. The van der Waals surface area contributed by atoms with Gasteiger partial charge < -0.3 is 0 Å². The number of nitrogens with zero attached hydrogens (tertiary/aromatic N) is 3. The predicted octanol–water partition coefficient (Wildman–Crippen LogP) is 3.12. The normalized spacial score (nSPS) is 11.0. The van der Waals surface area contributed by atoms with Crippen LogP contribution in [0.1, 0.15) is 5.56 Å². The molecular weight excluding hydrogens is 258 g/mol. The SMILES string of the molecule is c1ccc2c[n+](Cc3ccc4ncncc4c3)ccc2c1. The van der Waals surface area contributed by atoms with Gasteiger partial charge in [-0.25, -0.2) is 14.5 Å². The van der Waals surface area contributed by atoms with Crippen molar-refractivity contribution in [2.45, 2.75) is 6.54 Å². The first-order chi connectivity index (χ1) is 10.4. The van der Waals surface area contributed by atoms with E-state index in [4.69, 9.17) is 0 Å². The van der Waals surface area contributed by atoms with Crippen LogP contribution >= 0.6 is 0 Å². The van der Waals surface area contributed by atoms with E-state index in [1.165, 1.54) is 16.3 Å². The average Bonchev–Trinajstić information content (AvgIpc) is 2.55. The molecule has 0 spiro atoms. The number of hydrogen-bond donors (Lipinski definition) is 0. The third kappa shape index (κ3) is 2.34. The lowest BCUT2D eigenvalue weighted by molar-refractivity contribution is -0.687. The minimum absolute atomic E-state index is 0.843. The molecule has 0 atom stereocenters. The standard InChI is InChI=1S/C18H14N3/c1-2-4-16-12-21(8-7-15(16)3-1)11-14-5-6-18-17(9-14)10-19-13-20-18/h1-10,12-13H,11H2/q+1. The van der Waals surface area contributed by atoms with Crippen LogP contribution in [-0.2, 0) is 6.54 Å². The van der Waals surface area contributed by atoms with Crippen LogP contribution < -0.4 is 4.57 Å². The summed E-state index contributed by atoms with van der Waals surface area (Å²) in [4.78, 5) is 8.34. The molecule has 2 aromatic heterocycles. The predicted molar refractivity (Wildman–Crippen MR) is 82.8 cm³/mol. The minimum Gasteiger partial charge on any atom is -0.244 e. The van der Waals surface area contributed by atoms with Crippen molar-refractivity contribution in [3.05, 3.63) is 79.0 Å². The number of aromatic nitrogens is 3. The molecule has 4 aromatic rings. The molecular formula is C18H14N3+. The molecule has 0 saturated heterocycles. The monoisotopic (exact) mass is 272 g/mol. The molecule has 2 heterocycles. The van der Waals surface area contributed by atoms with Gasteiger partial charge in [-0.2, -0.15) is 0 Å². The summed E-state index contributed by atoms with van der Waals surface area (Å²) in [6.07, 6.45) is 7.74. The topological polar surface area (TPSA) is 29.7 Å². The third-order valence-corrected chi connectivity index (χ3v) is 3.68. The fourth-order valence-electron chi connectivity index (χ4n) is 2.62. The van der Waals surface area contributed by atoms with E-state index in [9.17, 15) is 0 Å². The highest BCUT2D eigenvalue weighted by molar-refractivity contribution is 5.80. The molecule has 3 heteroatoms. The van der Waals surface area contributed by atoms with Gasteiger partial charge in [0.1, 0.15) is 6.33 Å². The van der Waals surface area contributed by atoms with E-state index < -0.39 is 0 Å². The summed E-state index contributed by atoms with van der Waals surface area (Å²) in [5.74, 6) is 0. The number of benzene rings is 2. The molecule has 0 aliphatic carbocycles. The van der Waals surface area contributed by atoms with E-state index in [-0.39, 0.29) is 0 Å². The summed E-state index contributed by atoms with van der Waals surface area (Å²) in [5, 5.41) is 3.60. The van der Waals surface area contributed by atoms with Gasteiger partial charge in [0.2, 0.25) is 0 Å². The zero-order valence-corrected chi connectivity index (χ0v) is 11.5. The van der Waals surface area contributed by atoms with E-state index in [0.29, 0.717) is 0 Å². The summed E-state index contributed by atoms with van der Waals surface area (Å²) >= 11 is 0. The molecule has 0 unspecified atom stereocenters. The van der Waals surface area contributed by atoms with Gasteiger partial charge in [-0.15, -0.1) is 0 Å². The largest absolute Gasteiger partial charge is 0.244 e. The second kappa shape index (κ2) is 4.94. The van der Waals surface area contributed by atoms with Gasteiger partial charge in [0.25, 0.3) is 0 Å². The molecule has 3 nitrogen and oxygen atoms in total. The van der Waals surface area contributed by atoms with Crippen molar-refractivity contribution in [2.75, 3.05) is 0 Å². The van der Waals surface area contributed by atoms with Gasteiger partial charge in [-0.05, 0) is 23.6 Å². The molecule has 0 saturated carbocycles. The van der Waals surface area contributed by atoms with Crippen molar-refractivity contribution in [1.82, 2.24) is 9.97 Å². The maximum absolute atomic E-state index is 4.25. The van der Waals surface area contributed by atoms with E-state index in [1.807, 2.05) is 12.3 Å². The van der Waals surface area contributed by atoms with Crippen molar-refractivity contribution < 1.29 is 4.57 Å². The Labute approximate surface area is 122 Å². The maximum Gasteiger partial charge on any atom is 0.176 e. The smallest absolute Gasteiger partial charge is 0.176 e. The highest BCUT2D eigenvalue weighted by Crippen LogP contribution is 2.13. The van der Waals surface area contributed by atoms with Crippen LogP contribution in [0.2, 0.25) is 0 Å². The van der Waals surface area contributed by atoms with Crippen molar-refractivity contribution >= 4 is 21.7 Å². The van der Waals surface area contributed by atoms with Gasteiger partial charge in [-0.1, -0.05) is 24.3 Å². The molecule has 21 heavy (non-hydrogen) atoms. The fourth-order valence-corrected chi connectivity index (χ4v) is 2.62. The molecule has 100 valence electrons. The van der Waals surface area contributed by atoms with E-state index in [2.05, 4.69) is 69.4 Å². The summed E-state index contributed by atoms with van der Waals surface area (Å²) in [6.45, 7) is 0.843. The lowest BCUT2D eigenvalue weighted by atomic mass is 10.1. The van der Waals surface area contributed by atoms with Crippen LogP contribution in [0, 0.1) is 0 Å². The fraction of sp³-hybridized carbons (Fsp3) is 0.0556. The molecule has 0 radical (unpaired) electrons. The summed E-state index contributed by atoms with van der Waals surface area (Å²) in [5.41, 5.74) is 2.23. The second-order valence-electron chi connectivity index (χ2n) is 5.16. The Balaban J connectivity index is 1.71. The molecule has 0 amide bonds. The first-order valence-electron chi connectivity index (χ1n) is 6.95. The van der Waals surface area contributed by atoms with Gasteiger partial charge >= 0.3 is 0 Å². The Morgan fingerprint density at radius 3 is 2.76 bits per heavy atom. The minimum atomic E-state index is 0.843. The lowest BCUT2D eigenvalue weighted by Crippen LogP contribution is -2.33. The zero-order valence-electron chi connectivity index (χ0n) is 11.5. The highest BCUT2D eigenvalue weighted by Gasteiger charge is 2.05. The summed E-state index contributed by atoms with van der Waals surface area (Å²) in [6, 6.07) is 16.9. The third-order valence-electron chi connectivity index (χ3n) is 3.68. The molecule has 0 aliphatic heterocycles. The van der Waals surface area contributed by atoms with Crippen LogP contribution in [0.25, 0.3) is 21.7 Å². The Kier molecular flexibility index (Phi) is 2.82.